The Kier molecular flexibility index (Phi) is 4.30. The van der Waals surface area contributed by atoms with Crippen LogP contribution in [-0.2, 0) is 0 Å². The largest absolute Gasteiger partial charge is 0.395 e. The van der Waals surface area contributed by atoms with Gasteiger partial charge in [0, 0.05) is 12.1 Å². The minimum atomic E-state index is 0.140. The number of aliphatic hydroxyl groups excluding tert-OH is 1. The van der Waals surface area contributed by atoms with Crippen LogP contribution >= 0.6 is 0 Å². The maximum Gasteiger partial charge on any atom is 0.0582 e. The molecule has 2 nitrogen and oxygen atoms in total. The van der Waals surface area contributed by atoms with Gasteiger partial charge in [0.2, 0.25) is 0 Å². The van der Waals surface area contributed by atoms with Gasteiger partial charge in [0.1, 0.15) is 0 Å². The quantitative estimate of drug-likeness (QED) is 0.794. The van der Waals surface area contributed by atoms with Crippen LogP contribution in [-0.4, -0.2) is 17.8 Å². The van der Waals surface area contributed by atoms with Gasteiger partial charge in [-0.2, -0.15) is 0 Å². The average Bonchev–Trinajstić information content (AvgIpc) is 2.21. The fourth-order valence-electron chi connectivity index (χ4n) is 1.61. The standard InChI is InChI=1S/C13H21NO/c1-9-5-6-13(7-10(9)2)12(4)14-11(3)8-15/h5-7,11-12,14-15H,8H2,1-4H3/t11-,12-/m1/s1. The van der Waals surface area contributed by atoms with Crippen molar-refractivity contribution in [1.29, 1.82) is 0 Å². The van der Waals surface area contributed by atoms with Crippen LogP contribution < -0.4 is 5.32 Å². The molecule has 0 saturated heterocycles. The fourth-order valence-corrected chi connectivity index (χ4v) is 1.61. The molecule has 15 heavy (non-hydrogen) atoms. The van der Waals surface area contributed by atoms with Crippen molar-refractivity contribution in [3.05, 3.63) is 34.9 Å². The maximum atomic E-state index is 8.97. The molecule has 1 aromatic rings. The summed E-state index contributed by atoms with van der Waals surface area (Å²) in [5, 5.41) is 12.3. The lowest BCUT2D eigenvalue weighted by Crippen LogP contribution is -2.31. The van der Waals surface area contributed by atoms with Crippen molar-refractivity contribution >= 4 is 0 Å². The monoisotopic (exact) mass is 207 g/mol. The van der Waals surface area contributed by atoms with E-state index in [1.807, 2.05) is 6.92 Å². The first-order chi connectivity index (χ1) is 7.04. The Balaban J connectivity index is 2.73. The molecule has 0 amide bonds. The molecule has 0 saturated carbocycles. The van der Waals surface area contributed by atoms with Crippen molar-refractivity contribution in [3.63, 3.8) is 0 Å². The van der Waals surface area contributed by atoms with Crippen molar-refractivity contribution in [3.8, 4) is 0 Å². The van der Waals surface area contributed by atoms with Crippen LogP contribution in [0.15, 0.2) is 18.2 Å². The molecular formula is C13H21NO. The van der Waals surface area contributed by atoms with Crippen molar-refractivity contribution in [2.75, 3.05) is 6.61 Å². The van der Waals surface area contributed by atoms with Gasteiger partial charge in [0.25, 0.3) is 0 Å². The van der Waals surface area contributed by atoms with E-state index in [-0.39, 0.29) is 18.7 Å². The first-order valence-electron chi connectivity index (χ1n) is 5.48. The highest BCUT2D eigenvalue weighted by molar-refractivity contribution is 5.31. The molecule has 0 unspecified atom stereocenters. The van der Waals surface area contributed by atoms with Crippen LogP contribution in [0.25, 0.3) is 0 Å². The Bertz CT molecular complexity index is 322. The third-order valence-electron chi connectivity index (χ3n) is 2.84. The second-order valence-electron chi connectivity index (χ2n) is 4.32. The minimum Gasteiger partial charge on any atom is -0.395 e. The van der Waals surface area contributed by atoms with Gasteiger partial charge in [-0.25, -0.2) is 0 Å². The SMILES string of the molecule is Cc1ccc([C@@H](C)N[C@H](C)CO)cc1C. The van der Waals surface area contributed by atoms with Crippen LogP contribution in [0.2, 0.25) is 0 Å². The molecular weight excluding hydrogens is 186 g/mol. The van der Waals surface area contributed by atoms with E-state index in [4.69, 9.17) is 5.11 Å². The summed E-state index contributed by atoms with van der Waals surface area (Å²) in [7, 11) is 0. The van der Waals surface area contributed by atoms with Gasteiger partial charge in [-0.1, -0.05) is 18.2 Å². The number of hydrogen-bond donors (Lipinski definition) is 2. The molecule has 0 aliphatic rings. The number of rotatable bonds is 4. The Labute approximate surface area is 92.3 Å². The molecule has 0 aliphatic carbocycles. The van der Waals surface area contributed by atoms with E-state index in [1.165, 1.54) is 16.7 Å². The molecule has 1 aromatic carbocycles. The molecule has 0 aliphatic heterocycles. The lowest BCUT2D eigenvalue weighted by atomic mass is 10.0. The summed E-state index contributed by atoms with van der Waals surface area (Å²) < 4.78 is 0. The minimum absolute atomic E-state index is 0.140. The number of hydrogen-bond acceptors (Lipinski definition) is 2. The molecule has 0 heterocycles. The Morgan fingerprint density at radius 3 is 2.40 bits per heavy atom. The van der Waals surface area contributed by atoms with Gasteiger partial charge in [-0.3, -0.25) is 0 Å². The topological polar surface area (TPSA) is 32.3 Å². The molecule has 2 atom stereocenters. The summed E-state index contributed by atoms with van der Waals surface area (Å²) in [5.74, 6) is 0. The van der Waals surface area contributed by atoms with Crippen molar-refractivity contribution in [1.82, 2.24) is 5.32 Å². The number of benzene rings is 1. The molecule has 2 heteroatoms. The normalized spacial score (nSPS) is 15.0. The van der Waals surface area contributed by atoms with E-state index in [1.54, 1.807) is 0 Å². The Morgan fingerprint density at radius 1 is 1.20 bits per heavy atom. The summed E-state index contributed by atoms with van der Waals surface area (Å²) in [6.45, 7) is 8.53. The average molecular weight is 207 g/mol. The molecule has 0 bridgehead atoms. The number of nitrogens with one attached hydrogen (secondary N) is 1. The third kappa shape index (κ3) is 3.33. The number of aliphatic hydroxyl groups is 1. The number of aryl methyl sites for hydroxylation is 2. The van der Waals surface area contributed by atoms with Gasteiger partial charge >= 0.3 is 0 Å². The van der Waals surface area contributed by atoms with Gasteiger partial charge in [-0.05, 0) is 44.4 Å². The summed E-state index contributed by atoms with van der Waals surface area (Å²) in [6.07, 6.45) is 0. The van der Waals surface area contributed by atoms with Gasteiger partial charge < -0.3 is 10.4 Å². The first-order valence-corrected chi connectivity index (χ1v) is 5.48. The molecule has 0 spiro atoms. The Hall–Kier alpha value is -0.860. The van der Waals surface area contributed by atoms with E-state index in [9.17, 15) is 0 Å². The van der Waals surface area contributed by atoms with Crippen LogP contribution in [0.5, 0.6) is 0 Å². The van der Waals surface area contributed by atoms with E-state index < -0.39 is 0 Å². The van der Waals surface area contributed by atoms with Gasteiger partial charge in [0.15, 0.2) is 0 Å². The van der Waals surface area contributed by atoms with Crippen molar-refractivity contribution in [2.24, 2.45) is 0 Å². The summed E-state index contributed by atoms with van der Waals surface area (Å²) in [5.41, 5.74) is 3.91. The molecule has 0 radical (unpaired) electrons. The predicted octanol–water partition coefficient (Wildman–Crippen LogP) is 2.33. The van der Waals surface area contributed by atoms with Crippen LogP contribution in [0.1, 0.15) is 36.6 Å². The van der Waals surface area contributed by atoms with Crippen LogP contribution in [0.3, 0.4) is 0 Å². The summed E-state index contributed by atoms with van der Waals surface area (Å²) in [6, 6.07) is 6.92. The zero-order chi connectivity index (χ0) is 11.4. The summed E-state index contributed by atoms with van der Waals surface area (Å²) >= 11 is 0. The van der Waals surface area contributed by atoms with Crippen molar-refractivity contribution in [2.45, 2.75) is 39.8 Å². The third-order valence-corrected chi connectivity index (χ3v) is 2.84. The van der Waals surface area contributed by atoms with Crippen molar-refractivity contribution < 1.29 is 5.11 Å². The Morgan fingerprint density at radius 2 is 1.87 bits per heavy atom. The fraction of sp³-hybridized carbons (Fsp3) is 0.538. The predicted molar refractivity (Wildman–Crippen MR) is 64.0 cm³/mol. The molecule has 0 fully saturated rings. The molecule has 84 valence electrons. The van der Waals surface area contributed by atoms with E-state index in [0.717, 1.165) is 0 Å². The smallest absolute Gasteiger partial charge is 0.0582 e. The van der Waals surface area contributed by atoms with E-state index >= 15 is 0 Å². The van der Waals surface area contributed by atoms with Crippen LogP contribution in [0.4, 0.5) is 0 Å². The second-order valence-corrected chi connectivity index (χ2v) is 4.32. The summed E-state index contributed by atoms with van der Waals surface area (Å²) in [4.78, 5) is 0. The molecule has 2 N–H and O–H groups in total. The van der Waals surface area contributed by atoms with E-state index in [0.29, 0.717) is 0 Å². The second kappa shape index (κ2) is 5.29. The maximum absolute atomic E-state index is 8.97. The first kappa shape index (κ1) is 12.2. The van der Waals surface area contributed by atoms with Gasteiger partial charge in [-0.15, -0.1) is 0 Å². The van der Waals surface area contributed by atoms with Crippen LogP contribution in [0, 0.1) is 13.8 Å². The lowest BCUT2D eigenvalue weighted by Gasteiger charge is -2.19. The lowest BCUT2D eigenvalue weighted by molar-refractivity contribution is 0.243. The zero-order valence-corrected chi connectivity index (χ0v) is 10.0. The highest BCUT2D eigenvalue weighted by Gasteiger charge is 2.08. The van der Waals surface area contributed by atoms with E-state index in [2.05, 4.69) is 44.3 Å². The van der Waals surface area contributed by atoms with Gasteiger partial charge in [0.05, 0.1) is 6.61 Å². The molecule has 1 rings (SSSR count). The highest BCUT2D eigenvalue weighted by atomic mass is 16.3. The molecule has 0 aromatic heterocycles. The highest BCUT2D eigenvalue weighted by Crippen LogP contribution is 2.17. The zero-order valence-electron chi connectivity index (χ0n) is 10.0.